The highest BCUT2D eigenvalue weighted by molar-refractivity contribution is 5.47. The molecule has 0 amide bonds. The van der Waals surface area contributed by atoms with Crippen LogP contribution >= 0.6 is 0 Å². The fraction of sp³-hybridized carbons (Fsp3) is 0.412. The Bertz CT molecular complexity index is 640. The summed E-state index contributed by atoms with van der Waals surface area (Å²) in [5.74, 6) is 1.83. The minimum absolute atomic E-state index is 0.613. The number of aromatic nitrogens is 2. The summed E-state index contributed by atoms with van der Waals surface area (Å²) in [6.07, 6.45) is 1.65. The molecule has 1 aromatic heterocycles. The minimum atomic E-state index is 0.613. The summed E-state index contributed by atoms with van der Waals surface area (Å²) in [7, 11) is 0. The van der Waals surface area contributed by atoms with Crippen molar-refractivity contribution in [1.82, 2.24) is 9.97 Å². The number of ether oxygens (including phenoxy) is 1. The van der Waals surface area contributed by atoms with Crippen molar-refractivity contribution in [2.24, 2.45) is 0 Å². The first-order valence-electron chi connectivity index (χ1n) is 7.52. The van der Waals surface area contributed by atoms with Crippen LogP contribution in [0.2, 0.25) is 0 Å². The van der Waals surface area contributed by atoms with Gasteiger partial charge in [-0.2, -0.15) is 0 Å². The molecule has 21 heavy (non-hydrogen) atoms. The van der Waals surface area contributed by atoms with Gasteiger partial charge in [-0.3, -0.25) is 0 Å². The second-order valence-electron chi connectivity index (χ2n) is 5.35. The topological polar surface area (TPSA) is 47.0 Å². The number of aryl methyl sites for hydroxylation is 1. The third-order valence-corrected chi connectivity index (χ3v) is 3.82. The Morgan fingerprint density at radius 1 is 1.24 bits per heavy atom. The van der Waals surface area contributed by atoms with Crippen LogP contribution in [-0.4, -0.2) is 23.1 Å². The van der Waals surface area contributed by atoms with E-state index in [2.05, 4.69) is 43.4 Å². The van der Waals surface area contributed by atoms with E-state index in [1.54, 1.807) is 0 Å². The molecule has 1 N–H and O–H groups in total. The van der Waals surface area contributed by atoms with E-state index in [4.69, 9.17) is 14.7 Å². The number of nitrogens with one attached hydrogen (secondary N) is 1. The normalized spacial score (nSPS) is 13.8. The molecule has 0 radical (unpaired) electrons. The molecule has 4 nitrogen and oxygen atoms in total. The summed E-state index contributed by atoms with van der Waals surface area (Å²) in [5, 5.41) is 3.35. The van der Waals surface area contributed by atoms with Gasteiger partial charge in [-0.1, -0.05) is 24.3 Å². The molecule has 0 fully saturated rings. The van der Waals surface area contributed by atoms with E-state index < -0.39 is 0 Å². The minimum Gasteiger partial charge on any atom is -0.376 e. The molecule has 2 aromatic rings. The second-order valence-corrected chi connectivity index (χ2v) is 5.35. The van der Waals surface area contributed by atoms with Gasteiger partial charge in [0, 0.05) is 24.9 Å². The Hall–Kier alpha value is -1.94. The average Bonchev–Trinajstić information content (AvgIpc) is 2.50. The standard InChI is InChI=1S/C17H21N3O/c1-3-18-17-14-11-21-9-8-15(14)19-16(20-17)10-13-7-5-4-6-12(13)2/h4-7H,3,8-11H2,1-2H3,(H,18,19,20). The quantitative estimate of drug-likeness (QED) is 0.937. The first-order chi connectivity index (χ1) is 10.3. The van der Waals surface area contributed by atoms with E-state index in [1.807, 2.05) is 0 Å². The van der Waals surface area contributed by atoms with E-state index in [1.165, 1.54) is 11.1 Å². The van der Waals surface area contributed by atoms with E-state index in [0.29, 0.717) is 6.61 Å². The zero-order chi connectivity index (χ0) is 14.7. The van der Waals surface area contributed by atoms with Crippen LogP contribution < -0.4 is 5.32 Å². The largest absolute Gasteiger partial charge is 0.376 e. The van der Waals surface area contributed by atoms with Gasteiger partial charge in [-0.25, -0.2) is 9.97 Å². The van der Waals surface area contributed by atoms with Crippen LogP contribution in [0.4, 0.5) is 5.82 Å². The summed E-state index contributed by atoms with van der Waals surface area (Å²) in [4.78, 5) is 9.47. The molecule has 3 rings (SSSR count). The molecule has 4 heteroatoms. The Morgan fingerprint density at radius 2 is 2.10 bits per heavy atom. The smallest absolute Gasteiger partial charge is 0.135 e. The fourth-order valence-corrected chi connectivity index (χ4v) is 2.65. The van der Waals surface area contributed by atoms with Crippen molar-refractivity contribution in [3.8, 4) is 0 Å². The van der Waals surface area contributed by atoms with Crippen LogP contribution in [0, 0.1) is 6.92 Å². The molecule has 1 aliphatic rings. The lowest BCUT2D eigenvalue weighted by atomic mass is 10.0. The number of nitrogens with zero attached hydrogens (tertiary/aromatic N) is 2. The van der Waals surface area contributed by atoms with Crippen molar-refractivity contribution < 1.29 is 4.74 Å². The predicted octanol–water partition coefficient (Wildman–Crippen LogP) is 2.88. The number of rotatable bonds is 4. The lowest BCUT2D eigenvalue weighted by Crippen LogP contribution is -2.18. The Balaban J connectivity index is 1.95. The van der Waals surface area contributed by atoms with Crippen LogP contribution in [0.25, 0.3) is 0 Å². The van der Waals surface area contributed by atoms with Crippen molar-refractivity contribution in [2.45, 2.75) is 33.3 Å². The monoisotopic (exact) mass is 283 g/mol. The van der Waals surface area contributed by atoms with Gasteiger partial charge in [-0.05, 0) is 25.0 Å². The predicted molar refractivity (Wildman–Crippen MR) is 83.5 cm³/mol. The van der Waals surface area contributed by atoms with Gasteiger partial charge < -0.3 is 10.1 Å². The third-order valence-electron chi connectivity index (χ3n) is 3.82. The highest BCUT2D eigenvalue weighted by Crippen LogP contribution is 2.23. The SMILES string of the molecule is CCNc1nc(Cc2ccccc2C)nc2c1COCC2. The van der Waals surface area contributed by atoms with E-state index in [9.17, 15) is 0 Å². The molecule has 1 aliphatic heterocycles. The summed E-state index contributed by atoms with van der Waals surface area (Å²) in [5.41, 5.74) is 4.83. The number of benzene rings is 1. The van der Waals surface area contributed by atoms with Crippen molar-refractivity contribution in [3.63, 3.8) is 0 Å². The Labute approximate surface area is 125 Å². The molecule has 0 bridgehead atoms. The van der Waals surface area contributed by atoms with Crippen LogP contribution in [-0.2, 0) is 24.2 Å². The highest BCUT2D eigenvalue weighted by Gasteiger charge is 2.18. The van der Waals surface area contributed by atoms with Gasteiger partial charge in [0.05, 0.1) is 18.9 Å². The third kappa shape index (κ3) is 3.05. The zero-order valence-corrected chi connectivity index (χ0v) is 12.6. The van der Waals surface area contributed by atoms with E-state index >= 15 is 0 Å². The fourth-order valence-electron chi connectivity index (χ4n) is 2.65. The number of fused-ring (bicyclic) bond motifs is 1. The van der Waals surface area contributed by atoms with Gasteiger partial charge in [0.25, 0.3) is 0 Å². The highest BCUT2D eigenvalue weighted by atomic mass is 16.5. The van der Waals surface area contributed by atoms with Gasteiger partial charge in [0.15, 0.2) is 0 Å². The number of hydrogen-bond donors (Lipinski definition) is 1. The second kappa shape index (κ2) is 6.22. The van der Waals surface area contributed by atoms with Crippen molar-refractivity contribution in [2.75, 3.05) is 18.5 Å². The summed E-state index contributed by atoms with van der Waals surface area (Å²) in [6.45, 7) is 6.43. The van der Waals surface area contributed by atoms with Gasteiger partial charge in [0.1, 0.15) is 11.6 Å². The molecule has 0 aliphatic carbocycles. The summed E-state index contributed by atoms with van der Waals surface area (Å²) < 4.78 is 5.54. The average molecular weight is 283 g/mol. The van der Waals surface area contributed by atoms with Gasteiger partial charge in [-0.15, -0.1) is 0 Å². The first kappa shape index (κ1) is 14.0. The lowest BCUT2D eigenvalue weighted by molar-refractivity contribution is 0.109. The van der Waals surface area contributed by atoms with Gasteiger partial charge in [0.2, 0.25) is 0 Å². The van der Waals surface area contributed by atoms with Crippen molar-refractivity contribution >= 4 is 5.82 Å². The molecule has 1 aromatic carbocycles. The maximum absolute atomic E-state index is 5.54. The zero-order valence-electron chi connectivity index (χ0n) is 12.6. The Kier molecular flexibility index (Phi) is 4.15. The van der Waals surface area contributed by atoms with Crippen LogP contribution in [0.3, 0.4) is 0 Å². The van der Waals surface area contributed by atoms with Crippen LogP contribution in [0.5, 0.6) is 0 Å². The molecular formula is C17H21N3O. The molecular weight excluding hydrogens is 262 g/mol. The molecule has 0 saturated heterocycles. The summed E-state index contributed by atoms with van der Waals surface area (Å²) >= 11 is 0. The molecule has 2 heterocycles. The molecule has 0 unspecified atom stereocenters. The summed E-state index contributed by atoms with van der Waals surface area (Å²) in [6, 6.07) is 8.41. The van der Waals surface area contributed by atoms with Crippen LogP contribution in [0.1, 0.15) is 35.1 Å². The maximum Gasteiger partial charge on any atom is 0.135 e. The molecule has 0 atom stereocenters. The van der Waals surface area contributed by atoms with Crippen molar-refractivity contribution in [3.05, 3.63) is 52.5 Å². The number of hydrogen-bond acceptors (Lipinski definition) is 4. The Morgan fingerprint density at radius 3 is 2.90 bits per heavy atom. The van der Waals surface area contributed by atoms with E-state index in [0.717, 1.165) is 48.9 Å². The maximum atomic E-state index is 5.54. The van der Waals surface area contributed by atoms with Crippen molar-refractivity contribution in [1.29, 1.82) is 0 Å². The van der Waals surface area contributed by atoms with Crippen LogP contribution in [0.15, 0.2) is 24.3 Å². The molecule has 0 saturated carbocycles. The first-order valence-corrected chi connectivity index (χ1v) is 7.52. The van der Waals surface area contributed by atoms with Gasteiger partial charge >= 0.3 is 0 Å². The number of anilines is 1. The van der Waals surface area contributed by atoms with E-state index in [-0.39, 0.29) is 0 Å². The lowest BCUT2D eigenvalue weighted by Gasteiger charge is -2.20. The molecule has 110 valence electrons. The molecule has 0 spiro atoms.